The van der Waals surface area contributed by atoms with Crippen LogP contribution in [0.15, 0.2) is 36.7 Å². The van der Waals surface area contributed by atoms with Crippen LogP contribution in [-0.2, 0) is 6.42 Å². The van der Waals surface area contributed by atoms with Crippen molar-refractivity contribution in [2.45, 2.75) is 31.1 Å². The first kappa shape index (κ1) is 23.0. The zero-order chi connectivity index (χ0) is 23.9. The summed E-state index contributed by atoms with van der Waals surface area (Å²) in [5.74, 6) is 0. The first-order chi connectivity index (χ1) is 16.3. The highest BCUT2D eigenvalue weighted by Gasteiger charge is 2.38. The summed E-state index contributed by atoms with van der Waals surface area (Å²) in [7, 11) is 2.00. The quantitative estimate of drug-likeness (QED) is 0.524. The smallest absolute Gasteiger partial charge is 0.368 e. The van der Waals surface area contributed by atoms with Gasteiger partial charge in [-0.1, -0.05) is 6.07 Å². The summed E-state index contributed by atoms with van der Waals surface area (Å²) in [6, 6.07) is 7.28. The molecule has 0 bridgehead atoms. The van der Waals surface area contributed by atoms with Crippen molar-refractivity contribution >= 4 is 16.6 Å². The van der Waals surface area contributed by atoms with E-state index < -0.39 is 18.8 Å². The lowest BCUT2D eigenvalue weighted by molar-refractivity contribution is -0.150. The van der Waals surface area contributed by atoms with Crippen LogP contribution in [0.2, 0.25) is 0 Å². The molecule has 3 aromatic rings. The van der Waals surface area contributed by atoms with Crippen LogP contribution >= 0.6 is 0 Å². The van der Waals surface area contributed by atoms with Gasteiger partial charge in [-0.25, -0.2) is 0 Å². The monoisotopic (exact) mass is 476 g/mol. The Morgan fingerprint density at radius 3 is 2.68 bits per heavy atom. The molecule has 4 heterocycles. The normalized spacial score (nSPS) is 19.9. The number of hydrogen-bond acceptors (Lipinski definition) is 5. The van der Waals surface area contributed by atoms with Crippen LogP contribution in [0.3, 0.4) is 0 Å². The molecular formula is C24H28F4N6. The number of benzene rings is 1. The lowest BCUT2D eigenvalue weighted by Crippen LogP contribution is -2.58. The van der Waals surface area contributed by atoms with Crippen molar-refractivity contribution in [2.24, 2.45) is 0 Å². The molecule has 0 amide bonds. The van der Waals surface area contributed by atoms with E-state index in [2.05, 4.69) is 25.0 Å². The Bertz CT molecular complexity index is 1120. The minimum Gasteiger partial charge on any atom is -0.368 e. The Morgan fingerprint density at radius 1 is 1.15 bits per heavy atom. The maximum atomic E-state index is 13.4. The van der Waals surface area contributed by atoms with Crippen LogP contribution in [0.5, 0.6) is 0 Å². The third-order valence-corrected chi connectivity index (χ3v) is 7.01. The molecule has 1 atom stereocenters. The van der Waals surface area contributed by atoms with E-state index in [-0.39, 0.29) is 6.67 Å². The highest BCUT2D eigenvalue weighted by molar-refractivity contribution is 5.83. The predicted octanol–water partition coefficient (Wildman–Crippen LogP) is 3.95. The third kappa shape index (κ3) is 4.48. The molecule has 10 heteroatoms. The Kier molecular flexibility index (Phi) is 6.20. The van der Waals surface area contributed by atoms with E-state index in [1.165, 1.54) is 4.90 Å². The molecule has 2 aliphatic heterocycles. The van der Waals surface area contributed by atoms with Gasteiger partial charge in [-0.3, -0.25) is 24.3 Å². The molecule has 2 aromatic heterocycles. The summed E-state index contributed by atoms with van der Waals surface area (Å²) in [6.07, 6.45) is 0.269. The van der Waals surface area contributed by atoms with Gasteiger partial charge in [0, 0.05) is 38.6 Å². The largest absolute Gasteiger partial charge is 0.401 e. The number of nitrogens with one attached hydrogen (secondary N) is 1. The van der Waals surface area contributed by atoms with Gasteiger partial charge in [-0.05, 0) is 42.2 Å². The van der Waals surface area contributed by atoms with E-state index in [4.69, 9.17) is 0 Å². The van der Waals surface area contributed by atoms with Gasteiger partial charge in [-0.2, -0.15) is 18.3 Å². The number of pyridine rings is 1. The highest BCUT2D eigenvalue weighted by Crippen LogP contribution is 2.39. The fraction of sp³-hybridized carbons (Fsp3) is 0.500. The second kappa shape index (κ2) is 9.14. The minimum atomic E-state index is -4.30. The summed E-state index contributed by atoms with van der Waals surface area (Å²) in [5, 5.41) is 8.00. The Morgan fingerprint density at radius 2 is 1.97 bits per heavy atom. The molecule has 0 unspecified atom stereocenters. The van der Waals surface area contributed by atoms with Crippen LogP contribution in [0.25, 0.3) is 10.9 Å². The summed E-state index contributed by atoms with van der Waals surface area (Å²) < 4.78 is 52.6. The topological polar surface area (TPSA) is 51.3 Å². The molecule has 2 aliphatic rings. The molecule has 34 heavy (non-hydrogen) atoms. The van der Waals surface area contributed by atoms with Gasteiger partial charge in [0.2, 0.25) is 0 Å². The molecule has 1 aromatic carbocycles. The molecular weight excluding hydrogens is 448 g/mol. The summed E-state index contributed by atoms with van der Waals surface area (Å²) in [4.78, 5) is 10.5. The van der Waals surface area contributed by atoms with Gasteiger partial charge < -0.3 is 4.90 Å². The van der Waals surface area contributed by atoms with Crippen molar-refractivity contribution in [3.05, 3.63) is 53.5 Å². The van der Waals surface area contributed by atoms with Gasteiger partial charge in [0.1, 0.15) is 0 Å². The first-order valence-electron chi connectivity index (χ1n) is 11.6. The SMILES string of the molecule is CN(c1ccc([C@@H]2c3ccc4[nH]ncc4c3CCN2CC(F)(F)F)nc1)C1CN(CCCF)C1. The number of likely N-dealkylation sites (N-methyl/N-ethyl adjacent to an activating group) is 1. The summed E-state index contributed by atoms with van der Waals surface area (Å²) >= 11 is 0. The van der Waals surface area contributed by atoms with Crippen LogP contribution in [0.1, 0.15) is 29.3 Å². The van der Waals surface area contributed by atoms with E-state index in [9.17, 15) is 17.6 Å². The molecule has 0 saturated carbocycles. The number of fused-ring (bicyclic) bond motifs is 3. The zero-order valence-electron chi connectivity index (χ0n) is 19.0. The Hall–Kier alpha value is -2.72. The van der Waals surface area contributed by atoms with Crippen LogP contribution in [0, 0.1) is 0 Å². The average molecular weight is 477 g/mol. The molecule has 0 aliphatic carbocycles. The molecule has 1 saturated heterocycles. The lowest BCUT2D eigenvalue weighted by atomic mass is 9.88. The van der Waals surface area contributed by atoms with E-state index in [0.29, 0.717) is 31.1 Å². The highest BCUT2D eigenvalue weighted by atomic mass is 19.4. The number of aromatic nitrogens is 3. The van der Waals surface area contributed by atoms with Gasteiger partial charge in [0.05, 0.1) is 54.6 Å². The fourth-order valence-electron chi connectivity index (χ4n) is 5.19. The second-order valence-corrected chi connectivity index (χ2v) is 9.21. The molecule has 0 spiro atoms. The van der Waals surface area contributed by atoms with E-state index in [0.717, 1.165) is 47.4 Å². The van der Waals surface area contributed by atoms with Crippen LogP contribution in [0.4, 0.5) is 23.2 Å². The number of aromatic amines is 1. The maximum absolute atomic E-state index is 13.4. The van der Waals surface area contributed by atoms with Gasteiger partial charge in [0.25, 0.3) is 0 Å². The summed E-state index contributed by atoms with van der Waals surface area (Å²) in [6.45, 7) is 1.51. The second-order valence-electron chi connectivity index (χ2n) is 9.21. The summed E-state index contributed by atoms with van der Waals surface area (Å²) in [5.41, 5.74) is 4.28. The fourth-order valence-corrected chi connectivity index (χ4v) is 5.19. The van der Waals surface area contributed by atoms with E-state index in [1.807, 2.05) is 31.3 Å². The number of nitrogens with zero attached hydrogens (tertiary/aromatic N) is 5. The molecule has 1 fully saturated rings. The van der Waals surface area contributed by atoms with Crippen molar-refractivity contribution in [3.8, 4) is 0 Å². The number of alkyl halides is 4. The van der Waals surface area contributed by atoms with Crippen molar-refractivity contribution in [2.75, 3.05) is 51.3 Å². The number of H-pyrrole nitrogens is 1. The van der Waals surface area contributed by atoms with Gasteiger partial charge in [-0.15, -0.1) is 0 Å². The molecule has 1 N–H and O–H groups in total. The number of halogens is 4. The predicted molar refractivity (Wildman–Crippen MR) is 123 cm³/mol. The minimum absolute atomic E-state index is 0.293. The van der Waals surface area contributed by atoms with Crippen molar-refractivity contribution in [1.82, 2.24) is 25.0 Å². The lowest BCUT2D eigenvalue weighted by Gasteiger charge is -2.45. The maximum Gasteiger partial charge on any atom is 0.401 e. The molecule has 182 valence electrons. The first-order valence-corrected chi connectivity index (χ1v) is 11.6. The number of anilines is 1. The molecule has 0 radical (unpaired) electrons. The average Bonchev–Trinajstić information content (AvgIpc) is 3.26. The van der Waals surface area contributed by atoms with Crippen LogP contribution < -0.4 is 4.90 Å². The van der Waals surface area contributed by atoms with Gasteiger partial charge in [0.15, 0.2) is 0 Å². The number of likely N-dealkylation sites (tertiary alicyclic amines) is 1. The Balaban J connectivity index is 1.40. The molecule has 6 nitrogen and oxygen atoms in total. The number of hydrogen-bond donors (Lipinski definition) is 1. The van der Waals surface area contributed by atoms with Crippen LogP contribution in [-0.4, -0.2) is 83.6 Å². The van der Waals surface area contributed by atoms with Gasteiger partial charge >= 0.3 is 6.18 Å². The number of rotatable bonds is 7. The van der Waals surface area contributed by atoms with E-state index >= 15 is 0 Å². The van der Waals surface area contributed by atoms with Crippen molar-refractivity contribution in [1.29, 1.82) is 0 Å². The third-order valence-electron chi connectivity index (χ3n) is 7.01. The standard InChI is InChI=1S/C24H28F4N6/c1-32(17-13-33(14-17)9-2-8-25)16-3-5-22(29-11-16)23-19-4-6-21-20(12-30-31-21)18(19)7-10-34(23)15-24(26,27)28/h3-6,11-12,17,23H,2,7-10,13-15H2,1H3,(H,30,31)/t23-/m0/s1. The van der Waals surface area contributed by atoms with Crippen molar-refractivity contribution < 1.29 is 17.6 Å². The van der Waals surface area contributed by atoms with Crippen molar-refractivity contribution in [3.63, 3.8) is 0 Å². The zero-order valence-corrected chi connectivity index (χ0v) is 19.0. The Labute approximate surface area is 195 Å². The molecule has 5 rings (SSSR count). The van der Waals surface area contributed by atoms with E-state index in [1.54, 1.807) is 12.4 Å².